The lowest BCUT2D eigenvalue weighted by molar-refractivity contribution is -0.133. The lowest BCUT2D eigenvalue weighted by atomic mass is 9.98. The molecule has 29 heavy (non-hydrogen) atoms. The van der Waals surface area contributed by atoms with Crippen LogP contribution in [0.4, 0.5) is 5.69 Å². The molecule has 3 amide bonds. The highest BCUT2D eigenvalue weighted by Crippen LogP contribution is 2.19. The van der Waals surface area contributed by atoms with Crippen molar-refractivity contribution in [1.82, 2.24) is 15.8 Å². The number of hydrogen-bond donors (Lipinski definition) is 3. The van der Waals surface area contributed by atoms with Crippen molar-refractivity contribution < 1.29 is 14.4 Å². The topological polar surface area (TPSA) is 90.5 Å². The van der Waals surface area contributed by atoms with E-state index in [0.717, 1.165) is 10.6 Å². The Morgan fingerprint density at radius 2 is 1.76 bits per heavy atom. The maximum Gasteiger partial charge on any atom is 0.261 e. The van der Waals surface area contributed by atoms with E-state index in [1.54, 1.807) is 24.3 Å². The van der Waals surface area contributed by atoms with Crippen LogP contribution < -0.4 is 16.2 Å². The zero-order valence-electron chi connectivity index (χ0n) is 16.2. The predicted molar refractivity (Wildman–Crippen MR) is 114 cm³/mol. The Labute approximate surface area is 174 Å². The Bertz CT molecular complexity index is 957. The summed E-state index contributed by atoms with van der Waals surface area (Å²) in [4.78, 5) is 37.8. The Kier molecular flexibility index (Phi) is 6.23. The molecule has 0 aliphatic carbocycles. The second-order valence-corrected chi connectivity index (χ2v) is 7.43. The van der Waals surface area contributed by atoms with Gasteiger partial charge in [0.2, 0.25) is 5.91 Å². The molecule has 0 radical (unpaired) electrons. The number of hydrogen-bond acceptors (Lipinski definition) is 4. The normalized spacial score (nSPS) is 13.1. The van der Waals surface area contributed by atoms with Crippen molar-refractivity contribution >= 4 is 40.7 Å². The van der Waals surface area contributed by atoms with E-state index in [0.29, 0.717) is 17.0 Å². The summed E-state index contributed by atoms with van der Waals surface area (Å²) in [5.74, 6) is -1.00. The van der Waals surface area contributed by atoms with Crippen LogP contribution in [0.2, 0.25) is 0 Å². The highest BCUT2D eigenvalue weighted by Gasteiger charge is 2.31. The van der Waals surface area contributed by atoms with Gasteiger partial charge in [-0.2, -0.15) is 0 Å². The van der Waals surface area contributed by atoms with E-state index in [9.17, 15) is 14.4 Å². The number of hydrazine groups is 1. The van der Waals surface area contributed by atoms with E-state index >= 15 is 0 Å². The standard InChI is InChI=1S/C21H22N4O3S/c1-13(2)14-7-9-16(10-8-14)22-21(29)24-23-18(26)12-25-19(27)11-15-5-3-4-6-17(15)20(25)28/h3-10,13H,11-12H2,1-2H3,(H,23,26)(H2,22,24,29). The molecule has 0 unspecified atom stereocenters. The SMILES string of the molecule is CC(C)c1ccc(NC(=S)NNC(=O)CN2C(=O)Cc3ccccc3C2=O)cc1. The lowest BCUT2D eigenvalue weighted by Crippen LogP contribution is -2.51. The number of carbonyl (C=O) groups is 3. The zero-order valence-corrected chi connectivity index (χ0v) is 17.0. The van der Waals surface area contributed by atoms with Crippen LogP contribution in [0.5, 0.6) is 0 Å². The Hall–Kier alpha value is -3.26. The molecular weight excluding hydrogens is 388 g/mol. The van der Waals surface area contributed by atoms with Gasteiger partial charge >= 0.3 is 0 Å². The minimum atomic E-state index is -0.551. The first-order valence-electron chi connectivity index (χ1n) is 9.23. The third-order valence-corrected chi connectivity index (χ3v) is 4.79. The van der Waals surface area contributed by atoms with Gasteiger partial charge in [-0.05, 0) is 47.5 Å². The Morgan fingerprint density at radius 1 is 1.07 bits per heavy atom. The van der Waals surface area contributed by atoms with Crippen LogP contribution in [-0.2, 0) is 16.0 Å². The average Bonchev–Trinajstić information content (AvgIpc) is 2.70. The molecule has 1 aliphatic rings. The van der Waals surface area contributed by atoms with Gasteiger partial charge in [0, 0.05) is 11.3 Å². The largest absolute Gasteiger partial charge is 0.331 e. The lowest BCUT2D eigenvalue weighted by Gasteiger charge is -2.26. The second kappa shape index (κ2) is 8.83. The fourth-order valence-corrected chi connectivity index (χ4v) is 3.15. The number of nitrogens with zero attached hydrogens (tertiary/aromatic N) is 1. The van der Waals surface area contributed by atoms with Gasteiger partial charge in [-0.1, -0.05) is 44.2 Å². The fraction of sp³-hybridized carbons (Fsp3) is 0.238. The van der Waals surface area contributed by atoms with Crippen molar-refractivity contribution in [2.75, 3.05) is 11.9 Å². The van der Waals surface area contributed by atoms with Gasteiger partial charge in [0.05, 0.1) is 6.42 Å². The third kappa shape index (κ3) is 4.97. The summed E-state index contributed by atoms with van der Waals surface area (Å²) < 4.78 is 0. The summed E-state index contributed by atoms with van der Waals surface area (Å²) in [6.45, 7) is 3.84. The van der Waals surface area contributed by atoms with Gasteiger partial charge in [-0.3, -0.25) is 30.1 Å². The molecule has 3 rings (SSSR count). The molecular formula is C21H22N4O3S. The summed E-state index contributed by atoms with van der Waals surface area (Å²) in [7, 11) is 0. The number of amides is 3. The van der Waals surface area contributed by atoms with Gasteiger partial charge in [-0.15, -0.1) is 0 Å². The molecule has 1 aliphatic heterocycles. The number of anilines is 1. The number of benzene rings is 2. The molecule has 2 aromatic rings. The Balaban J connectivity index is 1.51. The molecule has 1 heterocycles. The first-order chi connectivity index (χ1) is 13.8. The summed E-state index contributed by atoms with van der Waals surface area (Å²) >= 11 is 5.16. The van der Waals surface area contributed by atoms with Crippen LogP contribution in [0.15, 0.2) is 48.5 Å². The summed E-state index contributed by atoms with van der Waals surface area (Å²) in [5.41, 5.74) is 8.08. The average molecular weight is 410 g/mol. The smallest absolute Gasteiger partial charge is 0.261 e. The van der Waals surface area contributed by atoms with E-state index in [-0.39, 0.29) is 18.1 Å². The van der Waals surface area contributed by atoms with Crippen molar-refractivity contribution in [2.24, 2.45) is 0 Å². The predicted octanol–water partition coefficient (Wildman–Crippen LogP) is 2.35. The van der Waals surface area contributed by atoms with Gasteiger partial charge < -0.3 is 5.32 Å². The monoisotopic (exact) mass is 410 g/mol. The molecule has 0 fully saturated rings. The van der Waals surface area contributed by atoms with Crippen molar-refractivity contribution in [3.8, 4) is 0 Å². The summed E-state index contributed by atoms with van der Waals surface area (Å²) in [5, 5.41) is 3.15. The number of thiocarbonyl (C=S) groups is 1. The molecule has 7 nitrogen and oxygen atoms in total. The van der Waals surface area contributed by atoms with E-state index in [1.165, 1.54) is 5.56 Å². The maximum absolute atomic E-state index is 12.5. The summed E-state index contributed by atoms with van der Waals surface area (Å²) in [6.07, 6.45) is 0.0922. The second-order valence-electron chi connectivity index (χ2n) is 7.02. The van der Waals surface area contributed by atoms with Crippen LogP contribution in [-0.4, -0.2) is 34.3 Å². The molecule has 0 atom stereocenters. The number of fused-ring (bicyclic) bond motifs is 1. The highest BCUT2D eigenvalue weighted by molar-refractivity contribution is 7.80. The van der Waals surface area contributed by atoms with E-state index in [4.69, 9.17) is 12.2 Å². The number of imide groups is 1. The van der Waals surface area contributed by atoms with Crippen molar-refractivity contribution in [1.29, 1.82) is 0 Å². The molecule has 150 valence electrons. The molecule has 0 saturated carbocycles. The van der Waals surface area contributed by atoms with Crippen molar-refractivity contribution in [3.63, 3.8) is 0 Å². The molecule has 3 N–H and O–H groups in total. The first kappa shape index (κ1) is 20.5. The van der Waals surface area contributed by atoms with Gasteiger partial charge in [0.15, 0.2) is 5.11 Å². The molecule has 0 spiro atoms. The van der Waals surface area contributed by atoms with Gasteiger partial charge in [0.1, 0.15) is 6.54 Å². The summed E-state index contributed by atoms with van der Waals surface area (Å²) in [6, 6.07) is 14.7. The van der Waals surface area contributed by atoms with Crippen molar-refractivity contribution in [3.05, 3.63) is 65.2 Å². The maximum atomic E-state index is 12.5. The number of rotatable bonds is 4. The first-order valence-corrected chi connectivity index (χ1v) is 9.64. The number of nitrogens with one attached hydrogen (secondary N) is 3. The van der Waals surface area contributed by atoms with Crippen LogP contribution in [0.3, 0.4) is 0 Å². The third-order valence-electron chi connectivity index (χ3n) is 4.59. The highest BCUT2D eigenvalue weighted by atomic mass is 32.1. The van der Waals surface area contributed by atoms with E-state index in [1.807, 2.05) is 24.3 Å². The minimum Gasteiger partial charge on any atom is -0.331 e. The quantitative estimate of drug-likeness (QED) is 0.407. The van der Waals surface area contributed by atoms with Crippen LogP contribution in [0.1, 0.15) is 41.3 Å². The number of carbonyl (C=O) groups excluding carboxylic acids is 3. The van der Waals surface area contributed by atoms with Crippen LogP contribution in [0, 0.1) is 0 Å². The van der Waals surface area contributed by atoms with E-state index in [2.05, 4.69) is 30.0 Å². The Morgan fingerprint density at radius 3 is 2.45 bits per heavy atom. The fourth-order valence-electron chi connectivity index (χ4n) is 2.98. The zero-order chi connectivity index (χ0) is 21.0. The molecule has 0 aromatic heterocycles. The molecule has 2 aromatic carbocycles. The van der Waals surface area contributed by atoms with Crippen molar-refractivity contribution in [2.45, 2.75) is 26.2 Å². The van der Waals surface area contributed by atoms with Gasteiger partial charge in [-0.25, -0.2) is 0 Å². The minimum absolute atomic E-state index is 0.0922. The van der Waals surface area contributed by atoms with Crippen LogP contribution in [0.25, 0.3) is 0 Å². The van der Waals surface area contributed by atoms with Crippen LogP contribution >= 0.6 is 12.2 Å². The molecule has 8 heteroatoms. The molecule has 0 saturated heterocycles. The van der Waals surface area contributed by atoms with E-state index < -0.39 is 17.7 Å². The van der Waals surface area contributed by atoms with Gasteiger partial charge in [0.25, 0.3) is 11.8 Å². The molecule has 0 bridgehead atoms.